The van der Waals surface area contributed by atoms with Gasteiger partial charge in [0.2, 0.25) is 5.91 Å². The first-order chi connectivity index (χ1) is 10.5. The summed E-state index contributed by atoms with van der Waals surface area (Å²) < 4.78 is 0. The van der Waals surface area contributed by atoms with Crippen LogP contribution in [0.4, 0.5) is 5.69 Å². The number of hydrogen-bond donors (Lipinski definition) is 2. The number of anilines is 1. The van der Waals surface area contributed by atoms with E-state index in [1.54, 1.807) is 24.3 Å². The van der Waals surface area contributed by atoms with E-state index in [9.17, 15) is 4.79 Å². The Labute approximate surface area is 138 Å². The number of aryl methyl sites for hydroxylation is 1. The maximum absolute atomic E-state index is 12.3. The zero-order chi connectivity index (χ0) is 15.7. The third-order valence-corrected chi connectivity index (χ3v) is 4.03. The van der Waals surface area contributed by atoms with Crippen LogP contribution in [0.3, 0.4) is 0 Å². The molecule has 22 heavy (non-hydrogen) atoms. The summed E-state index contributed by atoms with van der Waals surface area (Å²) in [6.45, 7) is 1.96. The molecular weight excluding hydrogens is 319 g/mol. The fraction of sp³-hybridized carbons (Fsp3) is 0.118. The molecular formula is C17H14Cl2N2O. The number of halogens is 2. The number of aromatic nitrogens is 1. The average Bonchev–Trinajstić information content (AvgIpc) is 2.77. The second-order valence-electron chi connectivity index (χ2n) is 5.15. The van der Waals surface area contributed by atoms with E-state index >= 15 is 0 Å². The van der Waals surface area contributed by atoms with Crippen molar-refractivity contribution in [3.63, 3.8) is 0 Å². The summed E-state index contributed by atoms with van der Waals surface area (Å²) in [5.74, 6) is -0.0775. The molecule has 0 spiro atoms. The van der Waals surface area contributed by atoms with Gasteiger partial charge in [0.1, 0.15) is 0 Å². The van der Waals surface area contributed by atoms with Gasteiger partial charge in [-0.1, -0.05) is 23.2 Å². The van der Waals surface area contributed by atoms with Crippen LogP contribution in [0.5, 0.6) is 0 Å². The Kier molecular flexibility index (Phi) is 4.10. The van der Waals surface area contributed by atoms with Crippen molar-refractivity contribution in [2.24, 2.45) is 0 Å². The van der Waals surface area contributed by atoms with Crippen molar-refractivity contribution >= 4 is 45.7 Å². The highest BCUT2D eigenvalue weighted by Crippen LogP contribution is 2.26. The number of amides is 1. The maximum Gasteiger partial charge on any atom is 0.228 e. The lowest BCUT2D eigenvalue weighted by molar-refractivity contribution is -0.115. The fourth-order valence-electron chi connectivity index (χ4n) is 2.48. The summed E-state index contributed by atoms with van der Waals surface area (Å²) in [5.41, 5.74) is 3.65. The van der Waals surface area contributed by atoms with E-state index in [1.807, 2.05) is 25.1 Å². The summed E-state index contributed by atoms with van der Waals surface area (Å²) in [5, 5.41) is 5.15. The van der Waals surface area contributed by atoms with Crippen LogP contribution in [-0.2, 0) is 11.2 Å². The van der Waals surface area contributed by atoms with Gasteiger partial charge in [-0.15, -0.1) is 0 Å². The molecule has 3 nitrogen and oxygen atoms in total. The van der Waals surface area contributed by atoms with Gasteiger partial charge in [0.25, 0.3) is 0 Å². The zero-order valence-electron chi connectivity index (χ0n) is 11.9. The van der Waals surface area contributed by atoms with Gasteiger partial charge in [0.05, 0.1) is 6.42 Å². The summed E-state index contributed by atoms with van der Waals surface area (Å²) >= 11 is 11.9. The van der Waals surface area contributed by atoms with Gasteiger partial charge in [-0.3, -0.25) is 4.79 Å². The first-order valence-corrected chi connectivity index (χ1v) is 7.60. The Bertz CT molecular complexity index is 838. The van der Waals surface area contributed by atoms with Gasteiger partial charge in [-0.05, 0) is 55.0 Å². The molecule has 0 aliphatic carbocycles. The standard InChI is InChI=1S/C17H14Cl2N2O/c1-10-14(15-8-12(19)4-7-16(15)20-10)9-17(22)21-13-5-2-11(18)3-6-13/h2-8,20H,9H2,1H3,(H,21,22). The molecule has 0 atom stereocenters. The first kappa shape index (κ1) is 14.9. The third kappa shape index (κ3) is 3.11. The summed E-state index contributed by atoms with van der Waals surface area (Å²) in [4.78, 5) is 15.5. The lowest BCUT2D eigenvalue weighted by Gasteiger charge is -2.06. The lowest BCUT2D eigenvalue weighted by Crippen LogP contribution is -2.14. The van der Waals surface area contributed by atoms with Gasteiger partial charge in [0, 0.05) is 32.3 Å². The van der Waals surface area contributed by atoms with Crippen LogP contribution < -0.4 is 5.32 Å². The largest absolute Gasteiger partial charge is 0.358 e. The predicted octanol–water partition coefficient (Wildman–Crippen LogP) is 4.96. The fourth-order valence-corrected chi connectivity index (χ4v) is 2.78. The van der Waals surface area contributed by atoms with E-state index < -0.39 is 0 Å². The van der Waals surface area contributed by atoms with Crippen molar-refractivity contribution < 1.29 is 4.79 Å². The molecule has 0 fully saturated rings. The smallest absolute Gasteiger partial charge is 0.228 e. The molecule has 0 radical (unpaired) electrons. The van der Waals surface area contributed by atoms with Crippen molar-refractivity contribution in [2.45, 2.75) is 13.3 Å². The number of nitrogens with one attached hydrogen (secondary N) is 2. The quantitative estimate of drug-likeness (QED) is 0.699. The number of hydrogen-bond acceptors (Lipinski definition) is 1. The Morgan fingerprint density at radius 3 is 2.50 bits per heavy atom. The second-order valence-corrected chi connectivity index (χ2v) is 6.02. The topological polar surface area (TPSA) is 44.9 Å². The molecule has 0 aliphatic rings. The highest BCUT2D eigenvalue weighted by Gasteiger charge is 2.13. The summed E-state index contributed by atoms with van der Waals surface area (Å²) in [7, 11) is 0. The molecule has 3 aromatic rings. The molecule has 2 N–H and O–H groups in total. The molecule has 5 heteroatoms. The molecule has 0 unspecified atom stereocenters. The molecule has 1 aromatic heterocycles. The summed E-state index contributed by atoms with van der Waals surface area (Å²) in [6, 6.07) is 12.7. The minimum absolute atomic E-state index is 0.0775. The number of rotatable bonds is 3. The number of fused-ring (bicyclic) bond motifs is 1. The van der Waals surface area contributed by atoms with E-state index in [4.69, 9.17) is 23.2 Å². The number of carbonyl (C=O) groups is 1. The summed E-state index contributed by atoms with van der Waals surface area (Å²) in [6.07, 6.45) is 0.287. The van der Waals surface area contributed by atoms with Crippen LogP contribution in [0.15, 0.2) is 42.5 Å². The van der Waals surface area contributed by atoms with Crippen molar-refractivity contribution in [2.75, 3.05) is 5.32 Å². The molecule has 1 amide bonds. The van der Waals surface area contributed by atoms with Gasteiger partial charge in [-0.2, -0.15) is 0 Å². The van der Waals surface area contributed by atoms with Crippen molar-refractivity contribution in [3.05, 3.63) is 63.8 Å². The second kappa shape index (κ2) is 6.03. The number of aromatic amines is 1. The average molecular weight is 333 g/mol. The van der Waals surface area contributed by atoms with Crippen LogP contribution in [-0.4, -0.2) is 10.9 Å². The molecule has 0 saturated heterocycles. The van der Waals surface area contributed by atoms with Crippen LogP contribution in [0.25, 0.3) is 10.9 Å². The van der Waals surface area contributed by atoms with Crippen molar-refractivity contribution in [1.82, 2.24) is 4.98 Å². The third-order valence-electron chi connectivity index (χ3n) is 3.55. The molecule has 2 aromatic carbocycles. The van der Waals surface area contributed by atoms with Gasteiger partial charge in [0.15, 0.2) is 0 Å². The minimum Gasteiger partial charge on any atom is -0.358 e. The van der Waals surface area contributed by atoms with E-state index in [2.05, 4.69) is 10.3 Å². The highest BCUT2D eigenvalue weighted by molar-refractivity contribution is 6.31. The number of carbonyl (C=O) groups excluding carboxylic acids is 1. The van der Waals surface area contributed by atoms with E-state index in [-0.39, 0.29) is 12.3 Å². The Morgan fingerprint density at radius 1 is 1.09 bits per heavy atom. The number of benzene rings is 2. The monoisotopic (exact) mass is 332 g/mol. The SMILES string of the molecule is Cc1[nH]c2ccc(Cl)cc2c1CC(=O)Nc1ccc(Cl)cc1. The first-order valence-electron chi connectivity index (χ1n) is 6.85. The maximum atomic E-state index is 12.3. The molecule has 0 bridgehead atoms. The van der Waals surface area contributed by atoms with Crippen LogP contribution in [0, 0.1) is 6.92 Å². The molecule has 1 heterocycles. The molecule has 3 rings (SSSR count). The normalized spacial score (nSPS) is 10.9. The van der Waals surface area contributed by atoms with Crippen molar-refractivity contribution in [3.8, 4) is 0 Å². The van der Waals surface area contributed by atoms with Crippen molar-refractivity contribution in [1.29, 1.82) is 0 Å². The lowest BCUT2D eigenvalue weighted by atomic mass is 10.1. The Hall–Kier alpha value is -1.97. The molecule has 112 valence electrons. The van der Waals surface area contributed by atoms with Gasteiger partial charge >= 0.3 is 0 Å². The Morgan fingerprint density at radius 2 is 1.77 bits per heavy atom. The minimum atomic E-state index is -0.0775. The number of H-pyrrole nitrogens is 1. The van der Waals surface area contributed by atoms with E-state index in [1.165, 1.54) is 0 Å². The highest BCUT2D eigenvalue weighted by atomic mass is 35.5. The van der Waals surface area contributed by atoms with E-state index in [0.29, 0.717) is 10.0 Å². The van der Waals surface area contributed by atoms with Crippen LogP contribution in [0.2, 0.25) is 10.0 Å². The molecule has 0 saturated carbocycles. The van der Waals surface area contributed by atoms with Crippen LogP contribution in [0.1, 0.15) is 11.3 Å². The Balaban J connectivity index is 1.83. The van der Waals surface area contributed by atoms with Crippen LogP contribution >= 0.6 is 23.2 Å². The molecule has 0 aliphatic heterocycles. The zero-order valence-corrected chi connectivity index (χ0v) is 13.4. The van der Waals surface area contributed by atoms with E-state index in [0.717, 1.165) is 27.8 Å². The van der Waals surface area contributed by atoms with Gasteiger partial charge in [-0.25, -0.2) is 0 Å². The predicted molar refractivity (Wildman–Crippen MR) is 91.8 cm³/mol. The van der Waals surface area contributed by atoms with Gasteiger partial charge < -0.3 is 10.3 Å².